The predicted molar refractivity (Wildman–Crippen MR) is 58.9 cm³/mol. The minimum Gasteiger partial charge on any atom is -0.317 e. The molecule has 1 saturated carbocycles. The third-order valence-electron chi connectivity index (χ3n) is 3.39. The van der Waals surface area contributed by atoms with Gasteiger partial charge in [0.15, 0.2) is 0 Å². The van der Waals surface area contributed by atoms with Gasteiger partial charge in [-0.3, -0.25) is 0 Å². The molecule has 1 aliphatic carbocycles. The van der Waals surface area contributed by atoms with Gasteiger partial charge in [-0.15, -0.1) is 0 Å². The van der Waals surface area contributed by atoms with Crippen molar-refractivity contribution in [1.29, 1.82) is 0 Å². The van der Waals surface area contributed by atoms with Crippen LogP contribution in [0.4, 0.5) is 0 Å². The van der Waals surface area contributed by atoms with Crippen LogP contribution in [0.3, 0.4) is 0 Å². The summed E-state index contributed by atoms with van der Waals surface area (Å²) in [6, 6.07) is 0.812. The summed E-state index contributed by atoms with van der Waals surface area (Å²) in [5.74, 6) is 1.87. The molecule has 0 aromatic carbocycles. The zero-order chi connectivity index (χ0) is 9.68. The Bertz CT molecular complexity index is 127. The van der Waals surface area contributed by atoms with Crippen LogP contribution in [-0.4, -0.2) is 13.1 Å². The Morgan fingerprint density at radius 3 is 2.31 bits per heavy atom. The number of hydrogen-bond acceptors (Lipinski definition) is 1. The highest BCUT2D eigenvalue weighted by Crippen LogP contribution is 2.31. The molecule has 1 heteroatoms. The summed E-state index contributed by atoms with van der Waals surface area (Å²) >= 11 is 0. The first-order valence-corrected chi connectivity index (χ1v) is 5.91. The van der Waals surface area contributed by atoms with Gasteiger partial charge in [0.1, 0.15) is 0 Å². The molecule has 78 valence electrons. The number of rotatable bonds is 6. The minimum atomic E-state index is 0.812. The Morgan fingerprint density at radius 1 is 1.23 bits per heavy atom. The van der Waals surface area contributed by atoms with Crippen LogP contribution in [0, 0.1) is 11.8 Å². The Balaban J connectivity index is 2.08. The normalized spacial score (nSPS) is 20.3. The largest absolute Gasteiger partial charge is 0.317 e. The van der Waals surface area contributed by atoms with Crippen molar-refractivity contribution in [2.24, 2.45) is 11.8 Å². The molecule has 0 bridgehead atoms. The second-order valence-corrected chi connectivity index (χ2v) is 4.91. The Morgan fingerprint density at radius 2 is 1.92 bits per heavy atom. The summed E-state index contributed by atoms with van der Waals surface area (Å²) in [7, 11) is 2.12. The predicted octanol–water partition coefficient (Wildman–Crippen LogP) is 3.20. The average Bonchev–Trinajstić information content (AvgIpc) is 1.98. The molecule has 1 N–H and O–H groups in total. The Kier molecular flexibility index (Phi) is 4.79. The number of hydrogen-bond donors (Lipinski definition) is 1. The average molecular weight is 183 g/mol. The standard InChI is InChI=1S/C12H25N/c1-10(2)6-4-9-12(13-3)11-7-5-8-11/h10-13H,4-9H2,1-3H3. The van der Waals surface area contributed by atoms with E-state index in [1.165, 1.54) is 38.5 Å². The van der Waals surface area contributed by atoms with E-state index in [4.69, 9.17) is 0 Å². The summed E-state index contributed by atoms with van der Waals surface area (Å²) in [4.78, 5) is 0. The monoisotopic (exact) mass is 183 g/mol. The molecule has 0 radical (unpaired) electrons. The molecule has 0 heterocycles. The third-order valence-corrected chi connectivity index (χ3v) is 3.39. The topological polar surface area (TPSA) is 12.0 Å². The van der Waals surface area contributed by atoms with Gasteiger partial charge in [0.2, 0.25) is 0 Å². The molecule has 1 nitrogen and oxygen atoms in total. The second-order valence-electron chi connectivity index (χ2n) is 4.91. The van der Waals surface area contributed by atoms with Crippen molar-refractivity contribution >= 4 is 0 Å². The fraction of sp³-hybridized carbons (Fsp3) is 1.00. The zero-order valence-electron chi connectivity index (χ0n) is 9.47. The maximum atomic E-state index is 3.48. The van der Waals surface area contributed by atoms with Crippen LogP contribution < -0.4 is 5.32 Å². The summed E-state index contributed by atoms with van der Waals surface area (Å²) in [5, 5.41) is 3.48. The molecule has 1 atom stereocenters. The van der Waals surface area contributed by atoms with Crippen LogP contribution in [-0.2, 0) is 0 Å². The molecular weight excluding hydrogens is 158 g/mol. The van der Waals surface area contributed by atoms with Crippen molar-refractivity contribution in [3.8, 4) is 0 Å². The molecular formula is C12H25N. The highest BCUT2D eigenvalue weighted by molar-refractivity contribution is 4.81. The summed E-state index contributed by atoms with van der Waals surface area (Å²) in [5.41, 5.74) is 0. The second kappa shape index (κ2) is 5.64. The molecule has 0 saturated heterocycles. The van der Waals surface area contributed by atoms with E-state index < -0.39 is 0 Å². The van der Waals surface area contributed by atoms with E-state index in [-0.39, 0.29) is 0 Å². The minimum absolute atomic E-state index is 0.812. The van der Waals surface area contributed by atoms with E-state index >= 15 is 0 Å². The molecule has 0 spiro atoms. The van der Waals surface area contributed by atoms with Crippen LogP contribution in [0.5, 0.6) is 0 Å². The third kappa shape index (κ3) is 3.68. The highest BCUT2D eigenvalue weighted by atomic mass is 14.9. The van der Waals surface area contributed by atoms with Gasteiger partial charge in [-0.1, -0.05) is 33.1 Å². The first-order valence-electron chi connectivity index (χ1n) is 5.91. The van der Waals surface area contributed by atoms with Crippen LogP contribution in [0.15, 0.2) is 0 Å². The van der Waals surface area contributed by atoms with Crippen molar-refractivity contribution in [1.82, 2.24) is 5.32 Å². The van der Waals surface area contributed by atoms with Gasteiger partial charge in [0, 0.05) is 6.04 Å². The first-order chi connectivity index (χ1) is 6.24. The zero-order valence-corrected chi connectivity index (χ0v) is 9.47. The highest BCUT2D eigenvalue weighted by Gasteiger charge is 2.25. The van der Waals surface area contributed by atoms with E-state index in [9.17, 15) is 0 Å². The molecule has 1 unspecified atom stereocenters. The van der Waals surface area contributed by atoms with Gasteiger partial charge in [0.05, 0.1) is 0 Å². The Labute approximate surface area is 83.3 Å². The fourth-order valence-corrected chi connectivity index (χ4v) is 2.20. The quantitative estimate of drug-likeness (QED) is 0.667. The molecule has 0 amide bonds. The van der Waals surface area contributed by atoms with E-state index in [2.05, 4.69) is 26.2 Å². The summed E-state index contributed by atoms with van der Waals surface area (Å²) < 4.78 is 0. The van der Waals surface area contributed by atoms with Crippen molar-refractivity contribution in [3.63, 3.8) is 0 Å². The van der Waals surface area contributed by atoms with Gasteiger partial charge in [-0.05, 0) is 38.1 Å². The van der Waals surface area contributed by atoms with E-state index in [1.54, 1.807) is 0 Å². The van der Waals surface area contributed by atoms with Crippen LogP contribution in [0.1, 0.15) is 52.4 Å². The van der Waals surface area contributed by atoms with E-state index in [0.717, 1.165) is 17.9 Å². The lowest BCUT2D eigenvalue weighted by Gasteiger charge is -2.33. The SMILES string of the molecule is CNC(CCCC(C)C)C1CCC1. The lowest BCUT2D eigenvalue weighted by atomic mass is 9.78. The van der Waals surface area contributed by atoms with Crippen molar-refractivity contribution in [3.05, 3.63) is 0 Å². The van der Waals surface area contributed by atoms with Gasteiger partial charge < -0.3 is 5.32 Å². The van der Waals surface area contributed by atoms with E-state index in [0.29, 0.717) is 0 Å². The van der Waals surface area contributed by atoms with Gasteiger partial charge >= 0.3 is 0 Å². The molecule has 0 aliphatic heterocycles. The maximum Gasteiger partial charge on any atom is 0.00923 e. The van der Waals surface area contributed by atoms with Crippen molar-refractivity contribution < 1.29 is 0 Å². The lowest BCUT2D eigenvalue weighted by Crippen LogP contribution is -2.37. The van der Waals surface area contributed by atoms with Crippen molar-refractivity contribution in [2.45, 2.75) is 58.4 Å². The summed E-state index contributed by atoms with van der Waals surface area (Å²) in [6.45, 7) is 4.63. The fourth-order valence-electron chi connectivity index (χ4n) is 2.20. The maximum absolute atomic E-state index is 3.48. The lowest BCUT2D eigenvalue weighted by molar-refractivity contribution is 0.222. The molecule has 1 fully saturated rings. The molecule has 0 aromatic heterocycles. The smallest absolute Gasteiger partial charge is 0.00923 e. The van der Waals surface area contributed by atoms with Gasteiger partial charge in [-0.25, -0.2) is 0 Å². The Hall–Kier alpha value is -0.0400. The molecule has 13 heavy (non-hydrogen) atoms. The summed E-state index contributed by atoms with van der Waals surface area (Å²) in [6.07, 6.45) is 8.58. The number of nitrogens with one attached hydrogen (secondary N) is 1. The molecule has 1 aliphatic rings. The molecule has 1 rings (SSSR count). The van der Waals surface area contributed by atoms with E-state index in [1.807, 2.05) is 0 Å². The van der Waals surface area contributed by atoms with Gasteiger partial charge in [-0.2, -0.15) is 0 Å². The van der Waals surface area contributed by atoms with Gasteiger partial charge in [0.25, 0.3) is 0 Å². The van der Waals surface area contributed by atoms with Crippen LogP contribution >= 0.6 is 0 Å². The molecule has 0 aromatic rings. The van der Waals surface area contributed by atoms with Crippen molar-refractivity contribution in [2.75, 3.05) is 7.05 Å². The van der Waals surface area contributed by atoms with Crippen LogP contribution in [0.2, 0.25) is 0 Å². The first kappa shape index (κ1) is 11.0. The van der Waals surface area contributed by atoms with Crippen LogP contribution in [0.25, 0.3) is 0 Å².